The summed E-state index contributed by atoms with van der Waals surface area (Å²) in [5.74, 6) is 1.02. The number of nitrogens with zero attached hydrogens (tertiary/aromatic N) is 2. The van der Waals surface area contributed by atoms with Crippen molar-refractivity contribution in [2.75, 3.05) is 19.7 Å². The van der Waals surface area contributed by atoms with Gasteiger partial charge in [-0.1, -0.05) is 18.2 Å². The van der Waals surface area contributed by atoms with Gasteiger partial charge in [0, 0.05) is 31.4 Å². The van der Waals surface area contributed by atoms with E-state index in [1.807, 2.05) is 30.3 Å². The number of hydrogen-bond donors (Lipinski definition) is 0. The molecule has 0 radical (unpaired) electrons. The van der Waals surface area contributed by atoms with Crippen molar-refractivity contribution in [3.8, 4) is 5.75 Å². The van der Waals surface area contributed by atoms with Gasteiger partial charge in [0.15, 0.2) is 0 Å². The van der Waals surface area contributed by atoms with Crippen LogP contribution in [-0.2, 0) is 10.0 Å². The summed E-state index contributed by atoms with van der Waals surface area (Å²) in [6, 6.07) is 12.8. The van der Waals surface area contributed by atoms with Crippen LogP contribution in [0.1, 0.15) is 12.8 Å². The lowest BCUT2D eigenvalue weighted by atomic mass is 10.0. The molecule has 0 bridgehead atoms. The molecule has 3 rings (SSSR count). The average Bonchev–Trinajstić information content (AvgIpc) is 2.62. The van der Waals surface area contributed by atoms with Gasteiger partial charge in [0.05, 0.1) is 6.61 Å². The highest BCUT2D eigenvalue weighted by molar-refractivity contribution is 7.89. The molecular weight excluding hydrogens is 312 g/mol. The van der Waals surface area contributed by atoms with E-state index in [4.69, 9.17) is 4.74 Å². The minimum absolute atomic E-state index is 0.204. The van der Waals surface area contributed by atoms with Crippen LogP contribution < -0.4 is 4.74 Å². The Hall–Kier alpha value is -1.92. The van der Waals surface area contributed by atoms with Crippen LogP contribution in [0.15, 0.2) is 59.8 Å². The van der Waals surface area contributed by atoms with Crippen LogP contribution in [0.2, 0.25) is 0 Å². The third kappa shape index (κ3) is 3.89. The summed E-state index contributed by atoms with van der Waals surface area (Å²) in [5.41, 5.74) is 0. The SMILES string of the molecule is O=S(=O)(c1cccnc1)N1CCC[C@@H](COc2ccccc2)C1. The normalized spacial score (nSPS) is 19.4. The van der Waals surface area contributed by atoms with Gasteiger partial charge in [0.1, 0.15) is 10.6 Å². The number of ether oxygens (including phenoxy) is 1. The Morgan fingerprint density at radius 1 is 1.17 bits per heavy atom. The molecule has 5 nitrogen and oxygen atoms in total. The summed E-state index contributed by atoms with van der Waals surface area (Å²) in [5, 5.41) is 0. The fourth-order valence-electron chi connectivity index (χ4n) is 2.76. The van der Waals surface area contributed by atoms with E-state index >= 15 is 0 Å². The van der Waals surface area contributed by atoms with Gasteiger partial charge in [0.2, 0.25) is 10.0 Å². The lowest BCUT2D eigenvalue weighted by Crippen LogP contribution is -2.41. The highest BCUT2D eigenvalue weighted by Gasteiger charge is 2.30. The molecule has 0 saturated carbocycles. The predicted octanol–water partition coefficient (Wildman–Crippen LogP) is 2.56. The van der Waals surface area contributed by atoms with Gasteiger partial charge in [-0.3, -0.25) is 4.98 Å². The van der Waals surface area contributed by atoms with Crippen LogP contribution in [0.5, 0.6) is 5.75 Å². The lowest BCUT2D eigenvalue weighted by Gasteiger charge is -2.31. The van der Waals surface area contributed by atoms with Crippen molar-refractivity contribution in [1.82, 2.24) is 9.29 Å². The number of hydrogen-bond acceptors (Lipinski definition) is 4. The Balaban J connectivity index is 1.64. The standard InChI is InChI=1S/C17H20N2O3S/c20-23(21,17-9-4-10-18-12-17)19-11-5-6-15(13-19)14-22-16-7-2-1-3-8-16/h1-4,7-10,12,15H,5-6,11,13-14H2/t15-/m1/s1. The predicted molar refractivity (Wildman–Crippen MR) is 87.7 cm³/mol. The molecule has 1 atom stereocenters. The number of pyridine rings is 1. The average molecular weight is 332 g/mol. The van der Waals surface area contributed by atoms with Crippen molar-refractivity contribution >= 4 is 10.0 Å². The molecule has 1 saturated heterocycles. The van der Waals surface area contributed by atoms with Crippen LogP contribution in [0.4, 0.5) is 0 Å². The van der Waals surface area contributed by atoms with E-state index in [9.17, 15) is 8.42 Å². The van der Waals surface area contributed by atoms with E-state index in [2.05, 4.69) is 4.98 Å². The molecule has 0 spiro atoms. The monoisotopic (exact) mass is 332 g/mol. The van der Waals surface area contributed by atoms with Crippen molar-refractivity contribution in [2.45, 2.75) is 17.7 Å². The zero-order valence-corrected chi connectivity index (χ0v) is 13.7. The zero-order chi connectivity index (χ0) is 16.1. The first kappa shape index (κ1) is 16.0. The first-order valence-electron chi connectivity index (χ1n) is 7.74. The second kappa shape index (κ2) is 7.10. The first-order chi connectivity index (χ1) is 11.2. The molecule has 1 aliphatic rings. The molecule has 0 unspecified atom stereocenters. The van der Waals surface area contributed by atoms with E-state index in [-0.39, 0.29) is 10.8 Å². The summed E-state index contributed by atoms with van der Waals surface area (Å²) < 4.78 is 32.6. The van der Waals surface area contributed by atoms with Gasteiger partial charge >= 0.3 is 0 Å². The molecule has 0 N–H and O–H groups in total. The third-order valence-electron chi connectivity index (χ3n) is 3.98. The molecule has 1 aliphatic heterocycles. The maximum absolute atomic E-state index is 12.7. The Morgan fingerprint density at radius 3 is 2.74 bits per heavy atom. The Bertz CT molecular complexity index is 720. The Labute approximate surface area is 137 Å². The summed E-state index contributed by atoms with van der Waals surface area (Å²) in [6.45, 7) is 1.58. The van der Waals surface area contributed by atoms with E-state index in [1.165, 1.54) is 6.20 Å². The Kier molecular flexibility index (Phi) is 4.93. The molecule has 6 heteroatoms. The minimum Gasteiger partial charge on any atom is -0.493 e. The van der Waals surface area contributed by atoms with Crippen LogP contribution in [0.25, 0.3) is 0 Å². The molecule has 1 aromatic carbocycles. The molecule has 0 amide bonds. The first-order valence-corrected chi connectivity index (χ1v) is 9.18. The molecule has 23 heavy (non-hydrogen) atoms. The van der Waals surface area contributed by atoms with E-state index in [1.54, 1.807) is 22.6 Å². The summed E-state index contributed by atoms with van der Waals surface area (Å²) in [6.07, 6.45) is 4.80. The van der Waals surface area contributed by atoms with E-state index < -0.39 is 10.0 Å². The number of rotatable bonds is 5. The number of piperidine rings is 1. The highest BCUT2D eigenvalue weighted by atomic mass is 32.2. The topological polar surface area (TPSA) is 59.5 Å². The maximum Gasteiger partial charge on any atom is 0.244 e. The fraction of sp³-hybridized carbons (Fsp3) is 0.353. The molecule has 122 valence electrons. The fourth-order valence-corrected chi connectivity index (χ4v) is 4.28. The van der Waals surface area contributed by atoms with Crippen LogP contribution in [0.3, 0.4) is 0 Å². The number of benzene rings is 1. The summed E-state index contributed by atoms with van der Waals surface area (Å²) in [4.78, 5) is 4.16. The van der Waals surface area contributed by atoms with Crippen LogP contribution in [0, 0.1) is 5.92 Å². The smallest absolute Gasteiger partial charge is 0.244 e. The largest absolute Gasteiger partial charge is 0.493 e. The number of para-hydroxylation sites is 1. The molecule has 1 fully saturated rings. The highest BCUT2D eigenvalue weighted by Crippen LogP contribution is 2.24. The van der Waals surface area contributed by atoms with E-state index in [0.717, 1.165) is 18.6 Å². The quantitative estimate of drug-likeness (QED) is 0.844. The summed E-state index contributed by atoms with van der Waals surface area (Å²) >= 11 is 0. The molecule has 1 aromatic heterocycles. The lowest BCUT2D eigenvalue weighted by molar-refractivity contribution is 0.180. The van der Waals surface area contributed by atoms with Gasteiger partial charge in [0.25, 0.3) is 0 Å². The van der Waals surface area contributed by atoms with Gasteiger partial charge in [-0.2, -0.15) is 4.31 Å². The van der Waals surface area contributed by atoms with Crippen LogP contribution in [-0.4, -0.2) is 37.4 Å². The maximum atomic E-state index is 12.7. The Morgan fingerprint density at radius 2 is 2.00 bits per heavy atom. The van der Waals surface area contributed by atoms with Crippen molar-refractivity contribution in [1.29, 1.82) is 0 Å². The zero-order valence-electron chi connectivity index (χ0n) is 12.8. The van der Waals surface area contributed by atoms with Crippen molar-refractivity contribution in [2.24, 2.45) is 5.92 Å². The van der Waals surface area contributed by atoms with Gasteiger partial charge in [-0.25, -0.2) is 8.42 Å². The van der Waals surface area contributed by atoms with Gasteiger partial charge in [-0.05, 0) is 37.1 Å². The molecule has 0 aliphatic carbocycles. The molecule has 2 aromatic rings. The molecule has 2 heterocycles. The molecular formula is C17H20N2O3S. The van der Waals surface area contributed by atoms with Crippen molar-refractivity contribution < 1.29 is 13.2 Å². The minimum atomic E-state index is -3.46. The summed E-state index contributed by atoms with van der Waals surface area (Å²) in [7, 11) is -3.46. The van der Waals surface area contributed by atoms with Gasteiger partial charge < -0.3 is 4.74 Å². The second-order valence-electron chi connectivity index (χ2n) is 5.68. The van der Waals surface area contributed by atoms with Crippen molar-refractivity contribution in [3.63, 3.8) is 0 Å². The van der Waals surface area contributed by atoms with Crippen LogP contribution >= 0.6 is 0 Å². The number of sulfonamides is 1. The van der Waals surface area contributed by atoms with E-state index in [0.29, 0.717) is 19.7 Å². The second-order valence-corrected chi connectivity index (χ2v) is 7.62. The van der Waals surface area contributed by atoms with Gasteiger partial charge in [-0.15, -0.1) is 0 Å². The number of aromatic nitrogens is 1. The third-order valence-corrected chi connectivity index (χ3v) is 5.83. The van der Waals surface area contributed by atoms with Crippen molar-refractivity contribution in [3.05, 3.63) is 54.9 Å².